The highest BCUT2D eigenvalue weighted by Crippen LogP contribution is 2.31. The number of nitrogens with two attached hydrogens (primary N) is 1. The molecule has 34 heavy (non-hydrogen) atoms. The maximum atomic E-state index is 12.6. The third-order valence-electron chi connectivity index (χ3n) is 7.28. The van der Waals surface area contributed by atoms with Crippen LogP contribution in [0.25, 0.3) is 21.9 Å². The monoisotopic (exact) mass is 464 g/mol. The van der Waals surface area contributed by atoms with Gasteiger partial charge in [0.25, 0.3) is 0 Å². The first-order valence-electron chi connectivity index (χ1n) is 12.8. The van der Waals surface area contributed by atoms with Crippen molar-refractivity contribution < 1.29 is 14.7 Å². The molecule has 0 saturated heterocycles. The number of hydrogen-bond donors (Lipinski definition) is 2. The number of benzene rings is 1. The lowest BCUT2D eigenvalue weighted by Crippen LogP contribution is -2.25. The molecule has 0 radical (unpaired) electrons. The predicted octanol–water partition coefficient (Wildman–Crippen LogP) is 5.53. The number of aryl methyl sites for hydroxylation is 2. The van der Waals surface area contributed by atoms with Crippen LogP contribution in [0.4, 0.5) is 5.82 Å². The number of unbranched alkanes of at least 4 members (excludes halogenated alkanes) is 3. The number of anilines is 1. The van der Waals surface area contributed by atoms with Gasteiger partial charge in [0.1, 0.15) is 17.1 Å². The second kappa shape index (κ2) is 11.0. The molecular formula is C27H36N4O3. The molecule has 7 nitrogen and oxygen atoms in total. The Bertz CT molecular complexity index is 1160. The van der Waals surface area contributed by atoms with E-state index in [1.165, 1.54) is 0 Å². The fourth-order valence-electron chi connectivity index (χ4n) is 5.28. The van der Waals surface area contributed by atoms with Gasteiger partial charge in [-0.1, -0.05) is 38.0 Å². The van der Waals surface area contributed by atoms with E-state index in [1.54, 1.807) is 0 Å². The van der Waals surface area contributed by atoms with E-state index >= 15 is 0 Å². The molecule has 3 aromatic rings. The Labute approximate surface area is 200 Å². The Kier molecular flexibility index (Phi) is 7.80. The molecule has 3 N–H and O–H groups in total. The van der Waals surface area contributed by atoms with Crippen molar-refractivity contribution in [1.29, 1.82) is 0 Å². The molecule has 0 bridgehead atoms. The highest BCUT2D eigenvalue weighted by molar-refractivity contribution is 6.06. The fourth-order valence-corrected chi connectivity index (χ4v) is 5.28. The van der Waals surface area contributed by atoms with Crippen LogP contribution in [0.15, 0.2) is 24.3 Å². The zero-order valence-electron chi connectivity index (χ0n) is 20.1. The molecule has 0 amide bonds. The first-order chi connectivity index (χ1) is 16.5. The minimum absolute atomic E-state index is 0.0516. The van der Waals surface area contributed by atoms with Crippen molar-refractivity contribution >= 4 is 39.5 Å². The maximum Gasteiger partial charge on any atom is 0.306 e. The lowest BCUT2D eigenvalue weighted by atomic mass is 9.79. The van der Waals surface area contributed by atoms with Crippen molar-refractivity contribution in [2.45, 2.75) is 84.1 Å². The molecule has 1 aliphatic rings. The number of para-hydroxylation sites is 1. The third-order valence-corrected chi connectivity index (χ3v) is 7.28. The van der Waals surface area contributed by atoms with Gasteiger partial charge in [-0.05, 0) is 51.0 Å². The molecule has 0 atom stereocenters. The maximum absolute atomic E-state index is 12.6. The van der Waals surface area contributed by atoms with Crippen LogP contribution in [0.3, 0.4) is 0 Å². The average Bonchev–Trinajstić information content (AvgIpc) is 3.21. The molecule has 1 fully saturated rings. The second-order valence-corrected chi connectivity index (χ2v) is 9.66. The lowest BCUT2D eigenvalue weighted by molar-refractivity contribution is -0.144. The molecule has 182 valence electrons. The van der Waals surface area contributed by atoms with Gasteiger partial charge in [-0.25, -0.2) is 9.97 Å². The number of carbonyl (C=O) groups is 2. The predicted molar refractivity (Wildman–Crippen MR) is 135 cm³/mol. The number of hydrogen-bond acceptors (Lipinski definition) is 5. The number of rotatable bonds is 11. The highest BCUT2D eigenvalue weighted by Gasteiger charge is 2.29. The van der Waals surface area contributed by atoms with Crippen LogP contribution in [-0.2, 0) is 22.6 Å². The molecule has 0 unspecified atom stereocenters. The topological polar surface area (TPSA) is 111 Å². The van der Waals surface area contributed by atoms with Crippen molar-refractivity contribution in [3.8, 4) is 0 Å². The summed E-state index contributed by atoms with van der Waals surface area (Å²) in [5, 5.41) is 10.2. The van der Waals surface area contributed by atoms with Crippen LogP contribution >= 0.6 is 0 Å². The van der Waals surface area contributed by atoms with Gasteiger partial charge in [0.15, 0.2) is 5.82 Å². The molecular weight excluding hydrogens is 428 g/mol. The van der Waals surface area contributed by atoms with Gasteiger partial charge in [-0.15, -0.1) is 0 Å². The quantitative estimate of drug-likeness (QED) is 0.361. The van der Waals surface area contributed by atoms with Gasteiger partial charge in [0, 0.05) is 30.7 Å². The van der Waals surface area contributed by atoms with Crippen LogP contribution < -0.4 is 5.73 Å². The van der Waals surface area contributed by atoms with Gasteiger partial charge in [-0.2, -0.15) is 0 Å². The highest BCUT2D eigenvalue weighted by atomic mass is 16.4. The first-order valence-corrected chi connectivity index (χ1v) is 12.8. The fraction of sp³-hybridized carbons (Fsp3) is 0.556. The Morgan fingerprint density at radius 1 is 1.03 bits per heavy atom. The summed E-state index contributed by atoms with van der Waals surface area (Å²) in [5.74, 6) is 0.917. The zero-order chi connectivity index (χ0) is 24.1. The summed E-state index contributed by atoms with van der Waals surface area (Å²) >= 11 is 0. The van der Waals surface area contributed by atoms with Gasteiger partial charge in [0.2, 0.25) is 0 Å². The van der Waals surface area contributed by atoms with Gasteiger partial charge in [-0.3, -0.25) is 9.59 Å². The van der Waals surface area contributed by atoms with Crippen molar-refractivity contribution in [1.82, 2.24) is 14.5 Å². The molecule has 2 aromatic heterocycles. The number of imidazole rings is 1. The molecule has 2 heterocycles. The molecule has 4 rings (SSSR count). The summed E-state index contributed by atoms with van der Waals surface area (Å²) in [4.78, 5) is 33.2. The summed E-state index contributed by atoms with van der Waals surface area (Å²) < 4.78 is 2.32. The third kappa shape index (κ3) is 5.24. The molecule has 0 spiro atoms. The molecule has 1 saturated carbocycles. The Balaban J connectivity index is 1.39. The van der Waals surface area contributed by atoms with Crippen LogP contribution in [0.2, 0.25) is 0 Å². The second-order valence-electron chi connectivity index (χ2n) is 9.66. The van der Waals surface area contributed by atoms with Crippen molar-refractivity contribution in [3.05, 3.63) is 30.1 Å². The Morgan fingerprint density at radius 2 is 1.76 bits per heavy atom. The van der Waals surface area contributed by atoms with Crippen LogP contribution in [-0.4, -0.2) is 31.4 Å². The Hall–Kier alpha value is -2.96. The molecule has 1 aliphatic carbocycles. The lowest BCUT2D eigenvalue weighted by Gasteiger charge is -2.25. The number of carbonyl (C=O) groups excluding carboxylic acids is 1. The molecule has 0 aliphatic heterocycles. The van der Waals surface area contributed by atoms with E-state index in [1.807, 2.05) is 18.2 Å². The van der Waals surface area contributed by atoms with E-state index in [0.717, 1.165) is 85.7 Å². The summed E-state index contributed by atoms with van der Waals surface area (Å²) in [6.45, 7) is 3.03. The smallest absolute Gasteiger partial charge is 0.306 e. The number of ketones is 1. The summed E-state index contributed by atoms with van der Waals surface area (Å²) in [5.41, 5.74) is 9.03. The number of fused-ring (bicyclic) bond motifs is 3. The van der Waals surface area contributed by atoms with Crippen molar-refractivity contribution in [2.24, 2.45) is 11.8 Å². The summed E-state index contributed by atoms with van der Waals surface area (Å²) in [7, 11) is 0. The number of nitrogens with zero attached hydrogens (tertiary/aromatic N) is 3. The average molecular weight is 465 g/mol. The van der Waals surface area contributed by atoms with Gasteiger partial charge >= 0.3 is 5.97 Å². The van der Waals surface area contributed by atoms with E-state index < -0.39 is 5.97 Å². The number of carboxylic acid groups (broad SMARTS) is 1. The SMILES string of the molecule is CCCCc1nc2c(N)nc3ccccc3c2n1CCCCCC(=O)C1CCC(C(=O)O)CC1. The first kappa shape index (κ1) is 24.2. The van der Waals surface area contributed by atoms with E-state index in [2.05, 4.69) is 22.5 Å². The summed E-state index contributed by atoms with van der Waals surface area (Å²) in [6.07, 6.45) is 9.21. The number of aliphatic carboxylic acids is 1. The number of aromatic nitrogens is 3. The van der Waals surface area contributed by atoms with E-state index in [9.17, 15) is 9.59 Å². The number of Topliss-reactive ketones (excluding diaryl/α,β-unsaturated/α-hetero) is 1. The van der Waals surface area contributed by atoms with Gasteiger partial charge in [0.05, 0.1) is 17.0 Å². The van der Waals surface area contributed by atoms with Gasteiger partial charge < -0.3 is 15.4 Å². The van der Waals surface area contributed by atoms with Crippen LogP contribution in [0.5, 0.6) is 0 Å². The normalized spacial score (nSPS) is 18.5. The Morgan fingerprint density at radius 3 is 2.50 bits per heavy atom. The standard InChI is InChI=1S/C27H36N4O3/c1-2-3-12-23-30-24-25(20-9-6-7-10-21(20)29-26(24)28)31(23)17-8-4-5-11-22(32)18-13-15-19(16-14-18)27(33)34/h6-7,9-10,18-19H,2-5,8,11-17H2,1H3,(H2,28,29)(H,33,34). The number of carboxylic acids is 1. The zero-order valence-corrected chi connectivity index (χ0v) is 20.1. The van der Waals surface area contributed by atoms with E-state index in [0.29, 0.717) is 30.9 Å². The van der Waals surface area contributed by atoms with E-state index in [-0.39, 0.29) is 11.8 Å². The minimum Gasteiger partial charge on any atom is -0.481 e. The largest absolute Gasteiger partial charge is 0.481 e. The number of nitrogen functional groups attached to an aromatic ring is 1. The minimum atomic E-state index is -0.721. The van der Waals surface area contributed by atoms with Crippen LogP contribution in [0, 0.1) is 11.8 Å². The van der Waals surface area contributed by atoms with Crippen molar-refractivity contribution in [2.75, 3.05) is 5.73 Å². The summed E-state index contributed by atoms with van der Waals surface area (Å²) in [6, 6.07) is 8.08. The van der Waals surface area contributed by atoms with Crippen LogP contribution in [0.1, 0.15) is 77.0 Å². The van der Waals surface area contributed by atoms with Crippen molar-refractivity contribution in [3.63, 3.8) is 0 Å². The van der Waals surface area contributed by atoms with E-state index in [4.69, 9.17) is 15.8 Å². The molecule has 7 heteroatoms. The molecule has 1 aromatic carbocycles. The number of pyridine rings is 1.